The Labute approximate surface area is 176 Å². The summed E-state index contributed by atoms with van der Waals surface area (Å²) in [5.41, 5.74) is 17.0. The molecule has 1 amide bonds. The van der Waals surface area contributed by atoms with E-state index in [0.29, 0.717) is 43.5 Å². The topological polar surface area (TPSA) is 157 Å². The van der Waals surface area contributed by atoms with Crippen LogP contribution in [0, 0.1) is 0 Å². The van der Waals surface area contributed by atoms with Gasteiger partial charge in [0.25, 0.3) is 0 Å². The molecule has 0 aliphatic carbocycles. The van der Waals surface area contributed by atoms with Crippen molar-refractivity contribution >= 4 is 38.3 Å². The third-order valence-corrected chi connectivity index (χ3v) is 7.05. The first kappa shape index (κ1) is 22.0. The molecule has 1 atom stereocenters. The van der Waals surface area contributed by atoms with Gasteiger partial charge in [-0.25, -0.2) is 8.42 Å². The molecular formula is C20H28N6O3S. The molecule has 9 nitrogen and oxygen atoms in total. The highest BCUT2D eigenvalue weighted by Crippen LogP contribution is 2.29. The van der Waals surface area contributed by atoms with Gasteiger partial charge in [0.2, 0.25) is 15.9 Å². The molecule has 162 valence electrons. The number of nitrogens with two attached hydrogens (primary N) is 3. The van der Waals surface area contributed by atoms with E-state index in [-0.39, 0.29) is 16.8 Å². The van der Waals surface area contributed by atoms with Crippen LogP contribution in [0.4, 0.5) is 5.69 Å². The Morgan fingerprint density at radius 1 is 1.17 bits per heavy atom. The Kier molecular flexibility index (Phi) is 6.91. The predicted molar refractivity (Wildman–Crippen MR) is 118 cm³/mol. The Balaban J connectivity index is 1.73. The van der Waals surface area contributed by atoms with Crippen LogP contribution in [0.2, 0.25) is 0 Å². The van der Waals surface area contributed by atoms with Gasteiger partial charge in [0.15, 0.2) is 5.96 Å². The van der Waals surface area contributed by atoms with Crippen molar-refractivity contribution in [2.75, 3.05) is 25.0 Å². The molecule has 1 saturated heterocycles. The molecule has 7 N–H and O–H groups in total. The molecule has 2 aromatic carbocycles. The summed E-state index contributed by atoms with van der Waals surface area (Å²) in [7, 11) is -3.54. The van der Waals surface area contributed by atoms with Crippen molar-refractivity contribution in [2.45, 2.75) is 36.6 Å². The van der Waals surface area contributed by atoms with Gasteiger partial charge in [0.05, 0.1) is 10.9 Å². The minimum Gasteiger partial charge on any atom is -0.370 e. The van der Waals surface area contributed by atoms with E-state index in [0.717, 1.165) is 18.2 Å². The molecule has 30 heavy (non-hydrogen) atoms. The van der Waals surface area contributed by atoms with Gasteiger partial charge >= 0.3 is 0 Å². The number of rotatable bonds is 8. The molecule has 1 heterocycles. The SMILES string of the molecule is NC(N)=NCCC[C@@H](N)C(=O)Nc1ccc2c(S(=O)(=O)N3CCCC3)cccc2c1. The third-order valence-electron chi connectivity index (χ3n) is 5.10. The number of hydrogen-bond acceptors (Lipinski definition) is 5. The maximum atomic E-state index is 13.0. The molecule has 0 saturated carbocycles. The molecule has 0 bridgehead atoms. The van der Waals surface area contributed by atoms with Crippen molar-refractivity contribution in [1.82, 2.24) is 4.31 Å². The normalized spacial score (nSPS) is 15.8. The van der Waals surface area contributed by atoms with E-state index in [2.05, 4.69) is 10.3 Å². The molecule has 0 radical (unpaired) electrons. The zero-order valence-electron chi connectivity index (χ0n) is 16.8. The Morgan fingerprint density at radius 3 is 2.60 bits per heavy atom. The number of fused-ring (bicyclic) bond motifs is 1. The van der Waals surface area contributed by atoms with Gasteiger partial charge in [-0.15, -0.1) is 0 Å². The van der Waals surface area contributed by atoms with E-state index < -0.39 is 16.1 Å². The maximum absolute atomic E-state index is 13.0. The van der Waals surface area contributed by atoms with Crippen LogP contribution in [0.25, 0.3) is 10.8 Å². The Bertz CT molecular complexity index is 1040. The smallest absolute Gasteiger partial charge is 0.243 e. The van der Waals surface area contributed by atoms with Crippen molar-refractivity contribution in [3.05, 3.63) is 36.4 Å². The Morgan fingerprint density at radius 2 is 1.90 bits per heavy atom. The number of nitrogens with one attached hydrogen (secondary N) is 1. The van der Waals surface area contributed by atoms with Crippen LogP contribution in [0.5, 0.6) is 0 Å². The largest absolute Gasteiger partial charge is 0.370 e. The van der Waals surface area contributed by atoms with Crippen molar-refractivity contribution in [2.24, 2.45) is 22.2 Å². The number of carbonyl (C=O) groups is 1. The lowest BCUT2D eigenvalue weighted by molar-refractivity contribution is -0.117. The standard InChI is InChI=1S/C20H28N6O3S/c21-17(6-4-10-24-20(22)23)19(27)25-15-8-9-16-14(13-15)5-3-7-18(16)30(28,29)26-11-1-2-12-26/h3,5,7-9,13,17H,1-2,4,6,10-12,21H2,(H,25,27)(H4,22,23,24)/t17-/m1/s1. The maximum Gasteiger partial charge on any atom is 0.243 e. The molecule has 10 heteroatoms. The van der Waals surface area contributed by atoms with Crippen LogP contribution in [-0.4, -0.2) is 50.3 Å². The average Bonchev–Trinajstić information content (AvgIpc) is 3.26. The highest BCUT2D eigenvalue weighted by Gasteiger charge is 2.28. The molecule has 0 unspecified atom stereocenters. The van der Waals surface area contributed by atoms with E-state index in [1.807, 2.05) is 6.07 Å². The Hall–Kier alpha value is -2.69. The van der Waals surface area contributed by atoms with Gasteiger partial charge in [0, 0.05) is 30.7 Å². The van der Waals surface area contributed by atoms with Crippen LogP contribution in [0.1, 0.15) is 25.7 Å². The number of sulfonamides is 1. The van der Waals surface area contributed by atoms with Crippen LogP contribution in [0.3, 0.4) is 0 Å². The molecule has 2 aromatic rings. The number of amides is 1. The summed E-state index contributed by atoms with van der Waals surface area (Å²) in [6.45, 7) is 1.51. The number of hydrogen-bond donors (Lipinski definition) is 4. The number of nitrogens with zero attached hydrogens (tertiary/aromatic N) is 2. The van der Waals surface area contributed by atoms with Crippen molar-refractivity contribution in [3.8, 4) is 0 Å². The van der Waals surface area contributed by atoms with E-state index in [1.165, 1.54) is 4.31 Å². The quantitative estimate of drug-likeness (QED) is 0.276. The number of aliphatic imine (C=N–C) groups is 1. The van der Waals surface area contributed by atoms with Crippen molar-refractivity contribution < 1.29 is 13.2 Å². The van der Waals surface area contributed by atoms with E-state index in [4.69, 9.17) is 17.2 Å². The molecule has 1 aliphatic heterocycles. The summed E-state index contributed by atoms with van der Waals surface area (Å²) in [4.78, 5) is 16.5. The first-order chi connectivity index (χ1) is 14.3. The zero-order chi connectivity index (χ0) is 21.7. The highest BCUT2D eigenvalue weighted by molar-refractivity contribution is 7.89. The monoisotopic (exact) mass is 432 g/mol. The summed E-state index contributed by atoms with van der Waals surface area (Å²) in [5, 5.41) is 4.15. The summed E-state index contributed by atoms with van der Waals surface area (Å²) in [5.74, 6) is -0.310. The lowest BCUT2D eigenvalue weighted by Gasteiger charge is -2.17. The first-order valence-electron chi connectivity index (χ1n) is 9.94. The van der Waals surface area contributed by atoms with Gasteiger partial charge in [-0.2, -0.15) is 4.31 Å². The van der Waals surface area contributed by atoms with Crippen molar-refractivity contribution in [3.63, 3.8) is 0 Å². The predicted octanol–water partition coefficient (Wildman–Crippen LogP) is 0.944. The van der Waals surface area contributed by atoms with E-state index in [9.17, 15) is 13.2 Å². The average molecular weight is 433 g/mol. The highest BCUT2D eigenvalue weighted by atomic mass is 32.2. The number of guanidine groups is 1. The minimum absolute atomic E-state index is 0.00954. The lowest BCUT2D eigenvalue weighted by atomic mass is 10.1. The van der Waals surface area contributed by atoms with Crippen LogP contribution in [-0.2, 0) is 14.8 Å². The van der Waals surface area contributed by atoms with Gasteiger partial charge in [-0.3, -0.25) is 9.79 Å². The minimum atomic E-state index is -3.54. The van der Waals surface area contributed by atoms with Crippen LogP contribution >= 0.6 is 0 Å². The fourth-order valence-corrected chi connectivity index (χ4v) is 5.24. The van der Waals surface area contributed by atoms with E-state index >= 15 is 0 Å². The summed E-state index contributed by atoms with van der Waals surface area (Å²) < 4.78 is 27.5. The zero-order valence-corrected chi connectivity index (χ0v) is 17.6. The second-order valence-corrected chi connectivity index (χ2v) is 9.25. The third kappa shape index (κ3) is 5.07. The fourth-order valence-electron chi connectivity index (χ4n) is 3.51. The second-order valence-electron chi connectivity index (χ2n) is 7.35. The van der Waals surface area contributed by atoms with Gasteiger partial charge < -0.3 is 22.5 Å². The summed E-state index contributed by atoms with van der Waals surface area (Å²) in [6, 6.07) is 9.63. The molecule has 1 fully saturated rings. The molecule has 0 aromatic heterocycles. The molecule has 3 rings (SSSR count). The van der Waals surface area contributed by atoms with Gasteiger partial charge in [0.1, 0.15) is 0 Å². The van der Waals surface area contributed by atoms with Gasteiger partial charge in [-0.1, -0.05) is 18.2 Å². The summed E-state index contributed by atoms with van der Waals surface area (Å²) >= 11 is 0. The first-order valence-corrected chi connectivity index (χ1v) is 11.4. The number of carbonyl (C=O) groups excluding carboxylic acids is 1. The molecule has 1 aliphatic rings. The summed E-state index contributed by atoms with van der Waals surface area (Å²) in [6.07, 6.45) is 2.79. The lowest BCUT2D eigenvalue weighted by Crippen LogP contribution is -2.35. The van der Waals surface area contributed by atoms with Crippen LogP contribution in [0.15, 0.2) is 46.3 Å². The molecular weight excluding hydrogens is 404 g/mol. The van der Waals surface area contributed by atoms with Gasteiger partial charge in [-0.05, 0) is 49.3 Å². The number of benzene rings is 2. The van der Waals surface area contributed by atoms with E-state index in [1.54, 1.807) is 30.3 Å². The number of anilines is 1. The van der Waals surface area contributed by atoms with Crippen molar-refractivity contribution in [1.29, 1.82) is 0 Å². The molecule has 0 spiro atoms. The van der Waals surface area contributed by atoms with Crippen LogP contribution < -0.4 is 22.5 Å². The second kappa shape index (κ2) is 9.41. The fraction of sp³-hybridized carbons (Fsp3) is 0.400.